The first-order valence-electron chi connectivity index (χ1n) is 2.57. The van der Waals surface area contributed by atoms with Crippen LogP contribution in [0.4, 0.5) is 13.2 Å². The van der Waals surface area contributed by atoms with Crippen LogP contribution in [0.25, 0.3) is 0 Å². The quantitative estimate of drug-likeness (QED) is 0.602. The summed E-state index contributed by atoms with van der Waals surface area (Å²) in [7, 11) is 0. The number of rotatable bonds is 2. The summed E-state index contributed by atoms with van der Waals surface area (Å²) < 4.78 is 34.3. The number of carboxylic acid groups (broad SMARTS) is 1. The van der Waals surface area contributed by atoms with Crippen LogP contribution >= 0.6 is 0 Å². The molecule has 64 valence electrons. The van der Waals surface area contributed by atoms with E-state index < -0.39 is 24.3 Å². The highest BCUT2D eigenvalue weighted by molar-refractivity contribution is 5.80. The highest BCUT2D eigenvalue weighted by Gasteiger charge is 2.28. The Morgan fingerprint density at radius 1 is 1.55 bits per heavy atom. The fourth-order valence-electron chi connectivity index (χ4n) is 0.441. The zero-order valence-electron chi connectivity index (χ0n) is 5.35. The monoisotopic (exact) mass is 169 g/mol. The standard InChI is InChI=1S/C5H6F3NO2/c6-5(7,8)2-3(9)1-4(10)11/h1H,2,9H2,(H,10,11)/b3-1-. The molecule has 0 unspecified atom stereocenters. The van der Waals surface area contributed by atoms with Gasteiger partial charge < -0.3 is 10.8 Å². The van der Waals surface area contributed by atoms with Crippen molar-refractivity contribution in [3.05, 3.63) is 11.8 Å². The normalized spacial score (nSPS) is 13.2. The summed E-state index contributed by atoms with van der Waals surface area (Å²) in [6.07, 6.45) is -5.51. The molecule has 0 aliphatic heterocycles. The lowest BCUT2D eigenvalue weighted by Crippen LogP contribution is -2.14. The number of hydrogen-bond acceptors (Lipinski definition) is 2. The molecule has 0 radical (unpaired) electrons. The van der Waals surface area contributed by atoms with E-state index in [-0.39, 0.29) is 0 Å². The fourth-order valence-corrected chi connectivity index (χ4v) is 0.441. The van der Waals surface area contributed by atoms with Crippen molar-refractivity contribution in [3.63, 3.8) is 0 Å². The fraction of sp³-hybridized carbons (Fsp3) is 0.400. The van der Waals surface area contributed by atoms with Gasteiger partial charge in [-0.05, 0) is 0 Å². The molecular formula is C5H6F3NO2. The Bertz CT molecular complexity index is 185. The highest BCUT2D eigenvalue weighted by atomic mass is 19.4. The van der Waals surface area contributed by atoms with Gasteiger partial charge in [-0.3, -0.25) is 0 Å². The van der Waals surface area contributed by atoms with Crippen LogP contribution in [-0.4, -0.2) is 17.3 Å². The summed E-state index contributed by atoms with van der Waals surface area (Å²) in [4.78, 5) is 9.77. The predicted octanol–water partition coefficient (Wildman–Crippen LogP) is 0.866. The highest BCUT2D eigenvalue weighted by Crippen LogP contribution is 2.21. The Balaban J connectivity index is 4.07. The number of nitrogens with two attached hydrogens (primary N) is 1. The number of carbonyl (C=O) groups is 1. The van der Waals surface area contributed by atoms with Crippen LogP contribution in [0.3, 0.4) is 0 Å². The third-order valence-electron chi connectivity index (χ3n) is 0.713. The molecule has 0 bridgehead atoms. The topological polar surface area (TPSA) is 63.3 Å². The van der Waals surface area contributed by atoms with Crippen LogP contribution in [-0.2, 0) is 4.79 Å². The zero-order chi connectivity index (χ0) is 9.07. The van der Waals surface area contributed by atoms with Crippen molar-refractivity contribution in [1.29, 1.82) is 0 Å². The molecule has 6 heteroatoms. The summed E-state index contributed by atoms with van der Waals surface area (Å²) in [5.41, 5.74) is 4.02. The summed E-state index contributed by atoms with van der Waals surface area (Å²) >= 11 is 0. The Morgan fingerprint density at radius 2 is 2.00 bits per heavy atom. The number of aliphatic carboxylic acids is 1. The van der Waals surface area contributed by atoms with E-state index in [2.05, 4.69) is 0 Å². The molecule has 0 aromatic heterocycles. The second-order valence-corrected chi connectivity index (χ2v) is 1.85. The van der Waals surface area contributed by atoms with Gasteiger partial charge >= 0.3 is 12.1 Å². The molecule has 0 spiro atoms. The predicted molar refractivity (Wildman–Crippen MR) is 30.6 cm³/mol. The summed E-state index contributed by atoms with van der Waals surface area (Å²) in [6.45, 7) is 0. The third kappa shape index (κ3) is 6.69. The van der Waals surface area contributed by atoms with Crippen molar-refractivity contribution in [1.82, 2.24) is 0 Å². The van der Waals surface area contributed by atoms with Crippen molar-refractivity contribution in [2.24, 2.45) is 5.73 Å². The average Bonchev–Trinajstić information content (AvgIpc) is 1.53. The molecule has 0 atom stereocenters. The molecule has 0 rings (SSSR count). The molecule has 0 fully saturated rings. The third-order valence-corrected chi connectivity index (χ3v) is 0.713. The molecule has 0 aromatic carbocycles. The molecule has 0 heterocycles. The molecule has 0 amide bonds. The smallest absolute Gasteiger partial charge is 0.394 e. The van der Waals surface area contributed by atoms with E-state index in [1.54, 1.807) is 0 Å². The van der Waals surface area contributed by atoms with E-state index in [0.717, 1.165) is 0 Å². The van der Waals surface area contributed by atoms with Crippen LogP contribution < -0.4 is 5.73 Å². The van der Waals surface area contributed by atoms with E-state index >= 15 is 0 Å². The first-order chi connectivity index (χ1) is 4.81. The molecule has 3 N–H and O–H groups in total. The van der Waals surface area contributed by atoms with E-state index in [4.69, 9.17) is 10.8 Å². The van der Waals surface area contributed by atoms with Gasteiger partial charge in [0.2, 0.25) is 0 Å². The lowest BCUT2D eigenvalue weighted by Gasteiger charge is -2.04. The van der Waals surface area contributed by atoms with Gasteiger partial charge in [0.1, 0.15) is 0 Å². The first-order valence-corrected chi connectivity index (χ1v) is 2.57. The first kappa shape index (κ1) is 9.80. The van der Waals surface area contributed by atoms with E-state index in [1.165, 1.54) is 0 Å². The number of alkyl halides is 3. The van der Waals surface area contributed by atoms with Crippen molar-refractivity contribution in [2.75, 3.05) is 0 Å². The maximum Gasteiger partial charge on any atom is 0.394 e. The van der Waals surface area contributed by atoms with Crippen molar-refractivity contribution >= 4 is 5.97 Å². The summed E-state index contributed by atoms with van der Waals surface area (Å²) in [5, 5.41) is 7.96. The second-order valence-electron chi connectivity index (χ2n) is 1.85. The van der Waals surface area contributed by atoms with Crippen LogP contribution in [0.2, 0.25) is 0 Å². The second kappa shape index (κ2) is 3.27. The minimum Gasteiger partial charge on any atom is -0.478 e. The van der Waals surface area contributed by atoms with Crippen LogP contribution in [0.15, 0.2) is 11.8 Å². The number of hydrogen-bond donors (Lipinski definition) is 2. The minimum absolute atomic E-state index is 0.327. The zero-order valence-corrected chi connectivity index (χ0v) is 5.35. The molecule has 3 nitrogen and oxygen atoms in total. The van der Waals surface area contributed by atoms with Gasteiger partial charge in [-0.25, -0.2) is 4.79 Å². The molecule has 0 aromatic rings. The minimum atomic E-state index is -4.45. The van der Waals surface area contributed by atoms with Gasteiger partial charge in [-0.15, -0.1) is 0 Å². The van der Waals surface area contributed by atoms with E-state index in [1.807, 2.05) is 0 Å². The molecule has 11 heavy (non-hydrogen) atoms. The van der Waals surface area contributed by atoms with Crippen LogP contribution in [0.5, 0.6) is 0 Å². The van der Waals surface area contributed by atoms with E-state index in [9.17, 15) is 18.0 Å². The summed E-state index contributed by atoms with van der Waals surface area (Å²) in [6, 6.07) is 0. The Morgan fingerprint density at radius 3 is 2.27 bits per heavy atom. The van der Waals surface area contributed by atoms with Gasteiger partial charge in [0.25, 0.3) is 0 Å². The van der Waals surface area contributed by atoms with Gasteiger partial charge in [-0.1, -0.05) is 0 Å². The van der Waals surface area contributed by atoms with Gasteiger partial charge in [-0.2, -0.15) is 13.2 Å². The van der Waals surface area contributed by atoms with Gasteiger partial charge in [0.15, 0.2) is 0 Å². The maximum atomic E-state index is 11.4. The van der Waals surface area contributed by atoms with Crippen LogP contribution in [0.1, 0.15) is 6.42 Å². The molecule has 0 saturated carbocycles. The van der Waals surface area contributed by atoms with Gasteiger partial charge in [0, 0.05) is 11.8 Å². The van der Waals surface area contributed by atoms with Crippen molar-refractivity contribution in [3.8, 4) is 0 Å². The van der Waals surface area contributed by atoms with Crippen molar-refractivity contribution in [2.45, 2.75) is 12.6 Å². The lowest BCUT2D eigenvalue weighted by atomic mass is 10.3. The Labute approximate surface area is 60.3 Å². The average molecular weight is 169 g/mol. The molecule has 0 saturated heterocycles. The maximum absolute atomic E-state index is 11.4. The molecule has 0 aliphatic carbocycles. The molecular weight excluding hydrogens is 163 g/mol. The molecule has 0 aliphatic rings. The Hall–Kier alpha value is -1.20. The number of carboxylic acids is 1. The number of allylic oxidation sites excluding steroid dienone is 1. The van der Waals surface area contributed by atoms with Crippen molar-refractivity contribution < 1.29 is 23.1 Å². The van der Waals surface area contributed by atoms with Gasteiger partial charge in [0.05, 0.1) is 6.42 Å². The largest absolute Gasteiger partial charge is 0.478 e. The SMILES string of the molecule is N/C(=C\C(=O)O)CC(F)(F)F. The summed E-state index contributed by atoms with van der Waals surface area (Å²) in [5.74, 6) is -1.48. The van der Waals surface area contributed by atoms with Crippen LogP contribution in [0, 0.1) is 0 Å². The lowest BCUT2D eigenvalue weighted by molar-refractivity contribution is -0.132. The number of halogens is 3. The van der Waals surface area contributed by atoms with E-state index in [0.29, 0.717) is 6.08 Å². The Kier molecular flexibility index (Phi) is 2.91.